The van der Waals surface area contributed by atoms with Gasteiger partial charge in [-0.3, -0.25) is 0 Å². The first-order valence-electron chi connectivity index (χ1n) is 9.03. The summed E-state index contributed by atoms with van der Waals surface area (Å²) in [7, 11) is -3.84. The Morgan fingerprint density at radius 3 is 1.82 bits per heavy atom. The number of hydrogen-bond donors (Lipinski definition) is 5. The molecule has 13 heteroatoms. The van der Waals surface area contributed by atoms with Gasteiger partial charge in [0.15, 0.2) is 12.2 Å². The zero-order valence-electron chi connectivity index (χ0n) is 18.0. The molecule has 0 spiro atoms. The van der Waals surface area contributed by atoms with E-state index in [9.17, 15) is 8.42 Å². The lowest BCUT2D eigenvalue weighted by atomic mass is 10.1. The number of rotatable bonds is 3. The molecule has 0 saturated heterocycles. The highest BCUT2D eigenvalue weighted by Crippen LogP contribution is 2.34. The van der Waals surface area contributed by atoms with Crippen LogP contribution in [0.4, 0.5) is 0 Å². The van der Waals surface area contributed by atoms with E-state index in [0.29, 0.717) is 17.0 Å². The second kappa shape index (κ2) is 18.3. The van der Waals surface area contributed by atoms with E-state index in [2.05, 4.69) is 54.7 Å². The van der Waals surface area contributed by atoms with Crippen LogP contribution in [-0.4, -0.2) is 39.4 Å². The highest BCUT2D eigenvalue weighted by Gasteiger charge is 2.20. The molecule has 1 heterocycles. The first-order valence-corrected chi connectivity index (χ1v) is 11.4. The van der Waals surface area contributed by atoms with E-state index < -0.39 is 20.4 Å². The van der Waals surface area contributed by atoms with E-state index in [1.54, 1.807) is 18.2 Å². The number of aliphatic hydroxyl groups is 2. The van der Waals surface area contributed by atoms with Gasteiger partial charge in [0.2, 0.25) is 10.0 Å². The van der Waals surface area contributed by atoms with Gasteiger partial charge in [0, 0.05) is 11.1 Å². The first-order chi connectivity index (χ1) is 14.9. The van der Waals surface area contributed by atoms with Crippen LogP contribution in [0, 0.1) is 0 Å². The Labute approximate surface area is 210 Å². The monoisotopic (exact) mass is 532 g/mol. The van der Waals surface area contributed by atoms with Crippen molar-refractivity contribution in [2.24, 2.45) is 16.6 Å². The van der Waals surface area contributed by atoms with Gasteiger partial charge in [0.1, 0.15) is 5.69 Å². The molecule has 0 fully saturated rings. The summed E-state index contributed by atoms with van der Waals surface area (Å²) >= 11 is 7.74. The van der Waals surface area contributed by atoms with Crippen molar-refractivity contribution in [1.82, 2.24) is 4.98 Å². The number of primary sulfonamides is 1. The predicted octanol–water partition coefficient (Wildman–Crippen LogP) is 3.46. The Kier molecular flexibility index (Phi) is 19.1. The van der Waals surface area contributed by atoms with Gasteiger partial charge in [-0.15, -0.1) is 0 Å². The third-order valence-electron chi connectivity index (χ3n) is 3.05. The van der Waals surface area contributed by atoms with Gasteiger partial charge in [0.25, 0.3) is 10.3 Å². The van der Waals surface area contributed by atoms with Crippen LogP contribution in [0.1, 0.15) is 27.7 Å². The van der Waals surface area contributed by atoms with Gasteiger partial charge in [-0.25, -0.2) is 18.5 Å². The second-order valence-electron chi connectivity index (χ2n) is 5.82. The fraction of sp³-hybridized carbons (Fsp3) is 0.190. The molecule has 0 radical (unpaired) electrons. The first kappa shape index (κ1) is 35.5. The highest BCUT2D eigenvalue weighted by molar-refractivity contribution is 7.89. The Morgan fingerprint density at radius 2 is 1.38 bits per heavy atom. The number of hydrogen-bond acceptors (Lipinski definition) is 6. The number of sulfonamides is 1. The molecule has 0 atom stereocenters. The Balaban J connectivity index is -0.000000630. The summed E-state index contributed by atoms with van der Waals surface area (Å²) in [6.07, 6.45) is 2.54. The molecule has 0 aliphatic heterocycles. The SMILES string of the molecule is C.CCC.NC(O)=S.NC(O)=S.NS(=O)(=O)c1ccccc1-c1ncoc1-c1ccccc1.O. The number of nitrogens with zero attached hydrogens (tertiary/aromatic N) is 1. The van der Waals surface area contributed by atoms with E-state index in [-0.39, 0.29) is 17.8 Å². The van der Waals surface area contributed by atoms with Gasteiger partial charge in [-0.1, -0.05) is 76.2 Å². The zero-order valence-corrected chi connectivity index (χ0v) is 20.5. The van der Waals surface area contributed by atoms with Crippen LogP contribution in [0.5, 0.6) is 0 Å². The van der Waals surface area contributed by atoms with Crippen molar-refractivity contribution in [3.63, 3.8) is 0 Å². The van der Waals surface area contributed by atoms with Crippen molar-refractivity contribution in [2.45, 2.75) is 32.6 Å². The zero-order chi connectivity index (χ0) is 24.7. The third kappa shape index (κ3) is 14.1. The van der Waals surface area contributed by atoms with Gasteiger partial charge in [-0.05, 0) is 30.5 Å². The maximum Gasteiger partial charge on any atom is 0.251 e. The minimum absolute atomic E-state index is 0. The van der Waals surface area contributed by atoms with Crippen LogP contribution >= 0.6 is 24.4 Å². The maximum absolute atomic E-state index is 11.7. The summed E-state index contributed by atoms with van der Waals surface area (Å²) in [4.78, 5) is 4.17. The quantitative estimate of drug-likeness (QED) is 0.310. The molecule has 0 unspecified atom stereocenters. The second-order valence-corrected chi connectivity index (χ2v) is 8.19. The normalized spacial score (nSPS) is 9.03. The number of oxazole rings is 1. The van der Waals surface area contributed by atoms with Crippen molar-refractivity contribution in [2.75, 3.05) is 0 Å². The number of thiocarbonyl (C=S) groups is 2. The minimum atomic E-state index is -3.84. The number of nitrogens with two attached hydrogens (primary N) is 3. The lowest BCUT2D eigenvalue weighted by Gasteiger charge is -2.06. The lowest BCUT2D eigenvalue weighted by Crippen LogP contribution is -2.13. The van der Waals surface area contributed by atoms with Crippen LogP contribution in [0.3, 0.4) is 0 Å². The Hall–Kier alpha value is -3.10. The molecule has 10 N–H and O–H groups in total. The predicted molar refractivity (Wildman–Crippen MR) is 144 cm³/mol. The largest absolute Gasteiger partial charge is 0.487 e. The van der Waals surface area contributed by atoms with Crippen molar-refractivity contribution in [3.05, 3.63) is 61.0 Å². The molecule has 3 aromatic rings. The summed E-state index contributed by atoms with van der Waals surface area (Å²) in [6, 6.07) is 15.8. The lowest BCUT2D eigenvalue weighted by molar-refractivity contribution is 0.559. The van der Waals surface area contributed by atoms with E-state index in [4.69, 9.17) is 19.8 Å². The minimum Gasteiger partial charge on any atom is -0.487 e. The van der Waals surface area contributed by atoms with E-state index in [0.717, 1.165) is 5.56 Å². The van der Waals surface area contributed by atoms with Crippen LogP contribution < -0.4 is 16.6 Å². The molecule has 0 amide bonds. The summed E-state index contributed by atoms with van der Waals surface area (Å²) in [6.45, 7) is 4.25. The van der Waals surface area contributed by atoms with E-state index >= 15 is 0 Å². The van der Waals surface area contributed by atoms with Crippen molar-refractivity contribution < 1.29 is 28.5 Å². The molecule has 10 nitrogen and oxygen atoms in total. The van der Waals surface area contributed by atoms with Crippen LogP contribution in [0.2, 0.25) is 0 Å². The number of aliphatic hydroxyl groups excluding tert-OH is 2. The molecular formula is C21H32N4O6S3. The average molecular weight is 533 g/mol. The third-order valence-corrected chi connectivity index (χ3v) is 4.02. The van der Waals surface area contributed by atoms with E-state index in [1.165, 1.54) is 18.9 Å². The highest BCUT2D eigenvalue weighted by atomic mass is 32.2. The van der Waals surface area contributed by atoms with Crippen molar-refractivity contribution in [1.29, 1.82) is 0 Å². The fourth-order valence-corrected chi connectivity index (χ4v) is 2.88. The molecule has 2 aromatic carbocycles. The smallest absolute Gasteiger partial charge is 0.251 e. The van der Waals surface area contributed by atoms with Gasteiger partial charge >= 0.3 is 0 Å². The Bertz CT molecular complexity index is 1070. The van der Waals surface area contributed by atoms with Gasteiger partial charge in [-0.2, -0.15) is 0 Å². The summed E-state index contributed by atoms with van der Waals surface area (Å²) in [5, 5.41) is 19.4. The molecule has 0 aliphatic carbocycles. The van der Waals surface area contributed by atoms with Crippen molar-refractivity contribution in [3.8, 4) is 22.6 Å². The summed E-state index contributed by atoms with van der Waals surface area (Å²) in [5.74, 6) is 0.506. The van der Waals surface area contributed by atoms with Gasteiger partial charge in [0.05, 0.1) is 4.90 Å². The number of aromatic nitrogens is 1. The Morgan fingerprint density at radius 1 is 0.971 bits per heavy atom. The molecule has 3 rings (SSSR count). The number of benzene rings is 2. The maximum atomic E-state index is 11.7. The molecule has 0 saturated carbocycles. The average Bonchev–Trinajstić information content (AvgIpc) is 3.17. The molecule has 190 valence electrons. The molecule has 0 aliphatic rings. The van der Waals surface area contributed by atoms with Gasteiger partial charge < -0.3 is 31.6 Å². The van der Waals surface area contributed by atoms with Crippen LogP contribution in [0.15, 0.2) is 70.3 Å². The summed E-state index contributed by atoms with van der Waals surface area (Å²) < 4.78 is 28.9. The fourth-order valence-electron chi connectivity index (χ4n) is 2.14. The molecule has 0 bridgehead atoms. The standard InChI is InChI=1S/C15H12N2O3S.C3H8.2CH3NOS.CH4.H2O/c16-21(18,19)13-9-5-4-8-12(13)14-15(20-10-17-14)11-6-2-1-3-7-11;1-3-2;2*2-1(3)4;;/h1-10H,(H2,16,18,19);3H2,1-2H3;2*(H3,2,3,4);1H4;1H2. The van der Waals surface area contributed by atoms with Crippen LogP contribution in [0.25, 0.3) is 22.6 Å². The molecule has 34 heavy (non-hydrogen) atoms. The molecular weight excluding hydrogens is 500 g/mol. The van der Waals surface area contributed by atoms with Crippen molar-refractivity contribution >= 4 is 44.8 Å². The summed E-state index contributed by atoms with van der Waals surface area (Å²) in [5.41, 5.74) is 10.5. The molecule has 1 aromatic heterocycles. The topological polar surface area (TPSA) is 210 Å². The van der Waals surface area contributed by atoms with Crippen LogP contribution in [-0.2, 0) is 10.0 Å². The van der Waals surface area contributed by atoms with E-state index in [1.807, 2.05) is 30.3 Å².